The summed E-state index contributed by atoms with van der Waals surface area (Å²) in [5.41, 5.74) is 1.42. The minimum absolute atomic E-state index is 0.0164. The Labute approximate surface area is 194 Å². The van der Waals surface area contributed by atoms with E-state index in [1.54, 1.807) is 18.2 Å². The van der Waals surface area contributed by atoms with E-state index in [0.717, 1.165) is 43.5 Å². The van der Waals surface area contributed by atoms with Gasteiger partial charge in [0.2, 0.25) is 0 Å². The first-order valence-corrected chi connectivity index (χ1v) is 11.5. The maximum Gasteiger partial charge on any atom is 0.356 e. The van der Waals surface area contributed by atoms with Gasteiger partial charge in [0.05, 0.1) is 22.6 Å². The van der Waals surface area contributed by atoms with Gasteiger partial charge < -0.3 is 10.4 Å². The largest absolute Gasteiger partial charge is 0.476 e. The minimum atomic E-state index is -1.18. The number of hydrogen-bond donors (Lipinski definition) is 2. The van der Waals surface area contributed by atoms with Gasteiger partial charge >= 0.3 is 5.97 Å². The number of benzene rings is 1. The molecule has 1 aliphatic carbocycles. The third-order valence-corrected chi connectivity index (χ3v) is 7.23. The zero-order valence-electron chi connectivity index (χ0n) is 17.5. The summed E-state index contributed by atoms with van der Waals surface area (Å²) in [7, 11) is 0. The van der Waals surface area contributed by atoms with E-state index in [9.17, 15) is 14.7 Å². The van der Waals surface area contributed by atoms with Crippen molar-refractivity contribution in [2.24, 2.45) is 0 Å². The highest BCUT2D eigenvalue weighted by Crippen LogP contribution is 2.46. The van der Waals surface area contributed by atoms with Gasteiger partial charge in [-0.05, 0) is 50.5 Å². The first-order valence-electron chi connectivity index (χ1n) is 10.7. The number of halogens is 2. The lowest BCUT2D eigenvalue weighted by Gasteiger charge is -2.23. The molecular weight excluding hydrogens is 451 g/mol. The van der Waals surface area contributed by atoms with Gasteiger partial charge in [-0.15, -0.1) is 0 Å². The Morgan fingerprint density at radius 3 is 2.66 bits per heavy atom. The smallest absolute Gasteiger partial charge is 0.356 e. The Kier molecular flexibility index (Phi) is 5.13. The molecule has 166 valence electrons. The molecule has 0 amide bonds. The number of carboxylic acids is 1. The Bertz CT molecular complexity index is 1310. The van der Waals surface area contributed by atoms with E-state index in [2.05, 4.69) is 10.3 Å². The molecule has 2 aliphatic rings. The standard InChI is InChI=1S/C23H22Cl2N4O3/c1-12(26-16-4-5-17(25)27-19(16)21(31)32)14-10-13(24)11-15-18(14)28-22-23(6-2-3-7-23)8-9-29(22)20(15)30/h4-5,10-12,26H,2-3,6-9H2,1H3,(H,31,32)/t12-/m1/s1. The van der Waals surface area contributed by atoms with Crippen molar-refractivity contribution in [3.05, 3.63) is 61.9 Å². The summed E-state index contributed by atoms with van der Waals surface area (Å²) in [6.45, 7) is 2.56. The molecule has 1 atom stereocenters. The van der Waals surface area contributed by atoms with Gasteiger partial charge in [-0.25, -0.2) is 14.8 Å². The van der Waals surface area contributed by atoms with Crippen molar-refractivity contribution in [1.29, 1.82) is 0 Å². The van der Waals surface area contributed by atoms with E-state index in [1.807, 2.05) is 11.5 Å². The summed E-state index contributed by atoms with van der Waals surface area (Å²) >= 11 is 12.3. The van der Waals surface area contributed by atoms with Crippen LogP contribution in [0.3, 0.4) is 0 Å². The Balaban J connectivity index is 1.64. The van der Waals surface area contributed by atoms with Crippen molar-refractivity contribution in [2.75, 3.05) is 5.32 Å². The maximum absolute atomic E-state index is 13.4. The van der Waals surface area contributed by atoms with Crippen LogP contribution in [0.1, 0.15) is 66.9 Å². The molecule has 0 saturated heterocycles. The average Bonchev–Trinajstić information content (AvgIpc) is 3.37. The molecule has 1 aliphatic heterocycles. The van der Waals surface area contributed by atoms with Gasteiger partial charge in [0.25, 0.3) is 5.56 Å². The van der Waals surface area contributed by atoms with Crippen LogP contribution < -0.4 is 10.9 Å². The second kappa shape index (κ2) is 7.74. The van der Waals surface area contributed by atoms with Gasteiger partial charge in [-0.1, -0.05) is 36.0 Å². The first kappa shape index (κ1) is 21.2. The van der Waals surface area contributed by atoms with Crippen molar-refractivity contribution in [1.82, 2.24) is 14.5 Å². The predicted molar refractivity (Wildman–Crippen MR) is 124 cm³/mol. The fourth-order valence-corrected chi connectivity index (χ4v) is 5.62. The summed E-state index contributed by atoms with van der Waals surface area (Å²) in [5, 5.41) is 13.7. The Morgan fingerprint density at radius 2 is 1.94 bits per heavy atom. The van der Waals surface area contributed by atoms with Crippen molar-refractivity contribution < 1.29 is 9.90 Å². The van der Waals surface area contributed by atoms with E-state index < -0.39 is 5.97 Å². The van der Waals surface area contributed by atoms with E-state index in [4.69, 9.17) is 28.2 Å². The molecular formula is C23H22Cl2N4O3. The lowest BCUT2D eigenvalue weighted by molar-refractivity contribution is 0.0691. The number of pyridine rings is 1. The summed E-state index contributed by atoms with van der Waals surface area (Å²) in [6, 6.07) is 6.18. The fraction of sp³-hybridized carbons (Fsp3) is 0.391. The zero-order valence-corrected chi connectivity index (χ0v) is 19.0. The lowest BCUT2D eigenvalue weighted by atomic mass is 9.84. The molecule has 0 radical (unpaired) electrons. The molecule has 1 aromatic carbocycles. The van der Waals surface area contributed by atoms with Crippen LogP contribution in [0.15, 0.2) is 29.1 Å². The summed E-state index contributed by atoms with van der Waals surface area (Å²) in [5.74, 6) is -0.307. The number of hydrogen-bond acceptors (Lipinski definition) is 5. The van der Waals surface area contributed by atoms with Crippen LogP contribution in [-0.2, 0) is 12.0 Å². The third-order valence-electron chi connectivity index (χ3n) is 6.80. The predicted octanol–water partition coefficient (Wildman–Crippen LogP) is 5.19. The van der Waals surface area contributed by atoms with Gasteiger partial charge in [0.1, 0.15) is 11.0 Å². The highest BCUT2D eigenvalue weighted by Gasteiger charge is 2.43. The average molecular weight is 473 g/mol. The summed E-state index contributed by atoms with van der Waals surface area (Å²) < 4.78 is 1.82. The van der Waals surface area contributed by atoms with Crippen molar-refractivity contribution in [3.63, 3.8) is 0 Å². The molecule has 1 saturated carbocycles. The molecule has 1 fully saturated rings. The van der Waals surface area contributed by atoms with Crippen LogP contribution in [-0.4, -0.2) is 25.6 Å². The molecule has 0 bridgehead atoms. The fourth-order valence-electron chi connectivity index (χ4n) is 5.25. The number of anilines is 1. The third kappa shape index (κ3) is 3.35. The van der Waals surface area contributed by atoms with Gasteiger partial charge in [-0.3, -0.25) is 9.36 Å². The number of rotatable bonds is 4. The molecule has 2 aromatic heterocycles. The number of nitrogens with one attached hydrogen (secondary N) is 1. The molecule has 5 rings (SSSR count). The monoisotopic (exact) mass is 472 g/mol. The number of aromatic carboxylic acids is 1. The highest BCUT2D eigenvalue weighted by atomic mass is 35.5. The molecule has 2 N–H and O–H groups in total. The van der Waals surface area contributed by atoms with Crippen LogP contribution in [0.2, 0.25) is 10.2 Å². The Hall–Kier alpha value is -2.64. The minimum Gasteiger partial charge on any atom is -0.476 e. The number of carboxylic acid groups (broad SMARTS) is 1. The van der Waals surface area contributed by atoms with Crippen LogP contribution in [0, 0.1) is 0 Å². The molecule has 32 heavy (non-hydrogen) atoms. The van der Waals surface area contributed by atoms with Crippen LogP contribution in [0.4, 0.5) is 5.69 Å². The van der Waals surface area contributed by atoms with E-state index in [1.165, 1.54) is 6.07 Å². The quantitative estimate of drug-likeness (QED) is 0.507. The van der Waals surface area contributed by atoms with Gasteiger partial charge in [0.15, 0.2) is 5.69 Å². The van der Waals surface area contributed by atoms with Crippen molar-refractivity contribution in [2.45, 2.75) is 57.0 Å². The highest BCUT2D eigenvalue weighted by molar-refractivity contribution is 6.31. The topological polar surface area (TPSA) is 97.1 Å². The first-order chi connectivity index (χ1) is 15.3. The molecule has 0 unspecified atom stereocenters. The number of fused-ring (bicyclic) bond motifs is 3. The van der Waals surface area contributed by atoms with Crippen molar-refractivity contribution in [3.8, 4) is 0 Å². The molecule has 3 aromatic rings. The van der Waals surface area contributed by atoms with E-state index in [-0.39, 0.29) is 27.9 Å². The summed E-state index contributed by atoms with van der Waals surface area (Å²) in [4.78, 5) is 34.0. The van der Waals surface area contributed by atoms with E-state index >= 15 is 0 Å². The van der Waals surface area contributed by atoms with Crippen LogP contribution in [0.5, 0.6) is 0 Å². The normalized spacial score (nSPS) is 17.6. The lowest BCUT2D eigenvalue weighted by Crippen LogP contribution is -2.27. The maximum atomic E-state index is 13.4. The van der Waals surface area contributed by atoms with Crippen LogP contribution >= 0.6 is 23.2 Å². The van der Waals surface area contributed by atoms with Crippen LogP contribution in [0.25, 0.3) is 10.9 Å². The van der Waals surface area contributed by atoms with Gasteiger partial charge in [-0.2, -0.15) is 0 Å². The summed E-state index contributed by atoms with van der Waals surface area (Å²) in [6.07, 6.45) is 5.36. The zero-order chi connectivity index (χ0) is 22.6. The number of carbonyl (C=O) groups is 1. The molecule has 9 heteroatoms. The molecule has 1 spiro atoms. The van der Waals surface area contributed by atoms with Gasteiger partial charge in [0, 0.05) is 22.5 Å². The second-order valence-corrected chi connectivity index (χ2v) is 9.55. The second-order valence-electron chi connectivity index (χ2n) is 8.72. The molecule has 7 nitrogen and oxygen atoms in total. The Morgan fingerprint density at radius 1 is 1.19 bits per heavy atom. The molecule has 3 heterocycles. The SMILES string of the molecule is C[C@@H](Nc1ccc(Cl)nc1C(=O)O)c1cc(Cl)cc2c(=O)n3c(nc12)C1(CCCC1)CC3. The number of nitrogens with zero attached hydrogens (tertiary/aromatic N) is 3. The number of aromatic nitrogens is 3. The van der Waals surface area contributed by atoms with Crippen molar-refractivity contribution >= 4 is 45.8 Å². The van der Waals surface area contributed by atoms with E-state index in [0.29, 0.717) is 28.2 Å².